The topological polar surface area (TPSA) is 175 Å². The Morgan fingerprint density at radius 2 is 1.67 bits per heavy atom. The summed E-state index contributed by atoms with van der Waals surface area (Å²) in [6, 6.07) is 0. The zero-order valence-electron chi connectivity index (χ0n) is 21.5. The minimum absolute atomic E-state index is 0. The minimum Gasteiger partial charge on any atom is -0.550 e. The Hall–Kier alpha value is -0.360. The van der Waals surface area contributed by atoms with Gasteiger partial charge < -0.3 is 35.1 Å². The summed E-state index contributed by atoms with van der Waals surface area (Å²) in [5, 5.41) is 50.7. The number of rotatable bonds is 5. The Kier molecular flexibility index (Phi) is 11.8. The van der Waals surface area contributed by atoms with Gasteiger partial charge in [0.25, 0.3) is 0 Å². The molecule has 11 heteroatoms. The average Bonchev–Trinajstić information content (AvgIpc) is 3.03. The molecule has 3 N–H and O–H groups in total. The number of Topliss-reactive ketones (excluding diaryl/α,β-unsaturated/α-hetero) is 1. The normalized spacial score (nSPS) is 37.9. The number of aliphatic hydroxyl groups excluding tert-OH is 2. The van der Waals surface area contributed by atoms with Gasteiger partial charge in [-0.3, -0.25) is 9.59 Å². The molecule has 7 atom stereocenters. The van der Waals surface area contributed by atoms with E-state index in [9.17, 15) is 44.7 Å². The molecule has 4 aliphatic carbocycles. The molecule has 0 spiro atoms. The van der Waals surface area contributed by atoms with Crippen molar-refractivity contribution in [1.29, 1.82) is 0 Å². The summed E-state index contributed by atoms with van der Waals surface area (Å²) in [6.45, 7) is 3.34. The van der Waals surface area contributed by atoms with Crippen molar-refractivity contribution >= 4 is 23.5 Å². The molecule has 0 aromatic carbocycles. The molecule has 36 heavy (non-hydrogen) atoms. The number of fused-ring (bicyclic) bond motifs is 5. The summed E-state index contributed by atoms with van der Waals surface area (Å²) in [4.78, 5) is 43.2. The van der Waals surface area contributed by atoms with E-state index in [-0.39, 0.29) is 88.1 Å². The summed E-state index contributed by atoms with van der Waals surface area (Å²) >= 11 is 0. The standard InChI is InChI=1S/C21H28O5.C4H6O4.2Na/c1-19-7-5-13(23)9-12(19)3-4-14-15-6-8-21(26,17(25)11-22)20(15,2)10-16(24)18(14)19;5-3(6)1-2-4(7)8;;/h5,7,9,14-16,18,22,24,26H,3-4,6,8,10-11H2,1-2H3;1-2H2,(H,5,6)(H,7,8);;/q;;2*+1/p-2/t14?,15?,16?,18?,19-,20-,21-;;;/m0.../s1. The number of carbonyl (C=O) groups is 4. The summed E-state index contributed by atoms with van der Waals surface area (Å²) in [5.41, 5.74) is -1.54. The molecular formula is C25H32Na2O9. The third kappa shape index (κ3) is 5.95. The smallest absolute Gasteiger partial charge is 0.550 e. The fraction of sp³-hybridized carbons (Fsp3) is 0.680. The molecule has 3 fully saturated rings. The van der Waals surface area contributed by atoms with Crippen LogP contribution in [0.2, 0.25) is 0 Å². The van der Waals surface area contributed by atoms with Gasteiger partial charge in [-0.1, -0.05) is 25.5 Å². The number of hydrogen-bond donors (Lipinski definition) is 3. The third-order valence-corrected chi connectivity index (χ3v) is 8.79. The maximum absolute atomic E-state index is 12.4. The van der Waals surface area contributed by atoms with E-state index < -0.39 is 54.3 Å². The molecule has 0 heterocycles. The predicted octanol–water partition coefficient (Wildman–Crippen LogP) is -7.17. The quantitative estimate of drug-likeness (QED) is 0.296. The van der Waals surface area contributed by atoms with E-state index in [4.69, 9.17) is 0 Å². The molecule has 3 saturated carbocycles. The van der Waals surface area contributed by atoms with Gasteiger partial charge in [-0.25, -0.2) is 0 Å². The Balaban J connectivity index is 0.000000567. The summed E-state index contributed by atoms with van der Waals surface area (Å²) in [5.74, 6) is -2.96. The van der Waals surface area contributed by atoms with Crippen molar-refractivity contribution in [2.75, 3.05) is 6.61 Å². The maximum atomic E-state index is 12.4. The van der Waals surface area contributed by atoms with Crippen LogP contribution in [0.4, 0.5) is 0 Å². The Morgan fingerprint density at radius 3 is 2.19 bits per heavy atom. The van der Waals surface area contributed by atoms with Crippen LogP contribution in [0.5, 0.6) is 0 Å². The van der Waals surface area contributed by atoms with Crippen LogP contribution in [-0.2, 0) is 19.2 Å². The van der Waals surface area contributed by atoms with Gasteiger partial charge in [0.05, 0.1) is 6.10 Å². The van der Waals surface area contributed by atoms with Gasteiger partial charge in [0.15, 0.2) is 11.6 Å². The monoisotopic (exact) mass is 522 g/mol. The molecule has 0 bridgehead atoms. The SMILES string of the molecule is C[C@]12C=CC(=O)C=C1CCC1C2C(O)C[C@@]2(C)C1CC[C@]2(O)C(=O)CO.O=C([O-])CCC(=O)[O-].[Na+].[Na+]. The van der Waals surface area contributed by atoms with Crippen molar-refractivity contribution in [3.63, 3.8) is 0 Å². The van der Waals surface area contributed by atoms with Gasteiger partial charge in [0.2, 0.25) is 0 Å². The fourth-order valence-corrected chi connectivity index (χ4v) is 7.12. The molecule has 0 radical (unpaired) electrons. The number of allylic oxidation sites excluding steroid dienone is 4. The van der Waals surface area contributed by atoms with E-state index in [1.807, 2.05) is 13.0 Å². The minimum atomic E-state index is -1.56. The van der Waals surface area contributed by atoms with Crippen LogP contribution >= 0.6 is 0 Å². The zero-order chi connectivity index (χ0) is 25.5. The first kappa shape index (κ1) is 33.7. The number of ketones is 2. The average molecular weight is 523 g/mol. The molecule has 0 aliphatic heterocycles. The van der Waals surface area contributed by atoms with Gasteiger partial charge in [-0.05, 0) is 68.9 Å². The van der Waals surface area contributed by atoms with Crippen LogP contribution < -0.4 is 69.3 Å². The molecule has 0 aromatic heterocycles. The van der Waals surface area contributed by atoms with Crippen molar-refractivity contribution < 1.29 is 104 Å². The van der Waals surface area contributed by atoms with Crippen molar-refractivity contribution in [3.05, 3.63) is 23.8 Å². The zero-order valence-corrected chi connectivity index (χ0v) is 25.5. The summed E-state index contributed by atoms with van der Waals surface area (Å²) < 4.78 is 0. The number of hydrogen-bond acceptors (Lipinski definition) is 9. The summed E-state index contributed by atoms with van der Waals surface area (Å²) in [7, 11) is 0. The van der Waals surface area contributed by atoms with Crippen LogP contribution in [0, 0.1) is 28.6 Å². The van der Waals surface area contributed by atoms with Crippen LogP contribution in [0.1, 0.15) is 58.8 Å². The first-order valence-corrected chi connectivity index (χ1v) is 11.7. The van der Waals surface area contributed by atoms with E-state index in [0.717, 1.165) is 24.8 Å². The van der Waals surface area contributed by atoms with Gasteiger partial charge in [0.1, 0.15) is 12.2 Å². The third-order valence-electron chi connectivity index (χ3n) is 8.79. The number of carboxylic acids is 2. The van der Waals surface area contributed by atoms with Crippen LogP contribution in [-0.4, -0.2) is 57.1 Å². The number of aliphatic hydroxyl groups is 3. The summed E-state index contributed by atoms with van der Waals surface area (Å²) in [6.07, 6.45) is 6.74. The van der Waals surface area contributed by atoms with Gasteiger partial charge in [0, 0.05) is 28.7 Å². The van der Waals surface area contributed by atoms with Crippen molar-refractivity contribution in [3.8, 4) is 0 Å². The van der Waals surface area contributed by atoms with E-state index in [1.54, 1.807) is 12.2 Å². The first-order valence-electron chi connectivity index (χ1n) is 11.7. The van der Waals surface area contributed by atoms with E-state index in [0.29, 0.717) is 12.8 Å². The first-order chi connectivity index (χ1) is 15.8. The Morgan fingerprint density at radius 1 is 1.08 bits per heavy atom. The second kappa shape index (κ2) is 12.7. The van der Waals surface area contributed by atoms with Gasteiger partial charge >= 0.3 is 59.1 Å². The Labute approximate surface area is 255 Å². The number of carboxylic acid groups (broad SMARTS) is 2. The van der Waals surface area contributed by atoms with Crippen molar-refractivity contribution in [2.45, 2.75) is 70.5 Å². The van der Waals surface area contributed by atoms with Crippen LogP contribution in [0.15, 0.2) is 23.8 Å². The molecule has 4 unspecified atom stereocenters. The number of aliphatic carboxylic acids is 2. The van der Waals surface area contributed by atoms with E-state index >= 15 is 0 Å². The molecule has 4 rings (SSSR count). The molecule has 188 valence electrons. The molecule has 0 saturated heterocycles. The molecular weight excluding hydrogens is 490 g/mol. The van der Waals surface area contributed by atoms with Crippen molar-refractivity contribution in [1.82, 2.24) is 0 Å². The van der Waals surface area contributed by atoms with E-state index in [2.05, 4.69) is 6.92 Å². The second-order valence-electron chi connectivity index (χ2n) is 10.4. The maximum Gasteiger partial charge on any atom is 1.00 e. The largest absolute Gasteiger partial charge is 1.00 e. The second-order valence-corrected chi connectivity index (χ2v) is 10.4. The molecule has 0 amide bonds. The van der Waals surface area contributed by atoms with Crippen LogP contribution in [0.25, 0.3) is 0 Å². The number of carbonyl (C=O) groups excluding carboxylic acids is 4. The molecule has 4 aliphatic rings. The van der Waals surface area contributed by atoms with Crippen LogP contribution in [0.3, 0.4) is 0 Å². The predicted molar refractivity (Wildman–Crippen MR) is 114 cm³/mol. The van der Waals surface area contributed by atoms with Gasteiger partial charge in [-0.2, -0.15) is 0 Å². The Bertz CT molecular complexity index is 934. The van der Waals surface area contributed by atoms with Crippen molar-refractivity contribution in [2.24, 2.45) is 28.6 Å². The fourth-order valence-electron chi connectivity index (χ4n) is 7.12. The van der Waals surface area contributed by atoms with Gasteiger partial charge in [-0.15, -0.1) is 0 Å². The molecule has 9 nitrogen and oxygen atoms in total. The van der Waals surface area contributed by atoms with E-state index in [1.165, 1.54) is 0 Å². The molecule has 0 aromatic rings.